The minimum absolute atomic E-state index is 0.347. The molecule has 1 aromatic carbocycles. The average Bonchev–Trinajstić information content (AvgIpc) is 2.61. The number of hydrogen-bond acceptors (Lipinski definition) is 5. The normalized spacial score (nSPS) is 14.9. The lowest BCUT2D eigenvalue weighted by molar-refractivity contribution is 0.0376. The number of rotatable bonds is 6. The lowest BCUT2D eigenvalue weighted by Crippen LogP contribution is -2.38. The second kappa shape index (κ2) is 9.56. The van der Waals surface area contributed by atoms with Gasteiger partial charge in [-0.05, 0) is 49.8 Å². The molecule has 1 aliphatic rings. The smallest absolute Gasteiger partial charge is 0.338 e. The summed E-state index contributed by atoms with van der Waals surface area (Å²) in [5.74, 6) is -0.347. The average molecular weight is 351 g/mol. The summed E-state index contributed by atoms with van der Waals surface area (Å²) in [6.45, 7) is 7.36. The van der Waals surface area contributed by atoms with Crippen molar-refractivity contribution < 1.29 is 14.3 Å². The van der Waals surface area contributed by atoms with Crippen molar-refractivity contribution in [3.63, 3.8) is 0 Å². The Morgan fingerprint density at radius 3 is 2.83 bits per heavy atom. The first kappa shape index (κ1) is 18.6. The topological polar surface area (TPSA) is 62.8 Å². The zero-order valence-electron chi connectivity index (χ0n) is 14.3. The molecule has 0 radical (unpaired) electrons. The standard InChI is InChI=1S/C17H25N3O3S/c1-13-14(16(21)22-2)5-3-6-15(13)19-17(24)18-7-4-8-20-9-11-23-12-10-20/h3,5-6H,4,7-12H2,1-2H3,(H2,18,19,24). The quantitative estimate of drug-likeness (QED) is 0.460. The summed E-state index contributed by atoms with van der Waals surface area (Å²) in [6.07, 6.45) is 1.02. The lowest BCUT2D eigenvalue weighted by atomic mass is 10.1. The number of anilines is 1. The van der Waals surface area contributed by atoms with Crippen LogP contribution in [-0.2, 0) is 9.47 Å². The first-order chi connectivity index (χ1) is 11.6. The summed E-state index contributed by atoms with van der Waals surface area (Å²) in [4.78, 5) is 14.1. The van der Waals surface area contributed by atoms with Crippen molar-refractivity contribution in [2.75, 3.05) is 51.8 Å². The van der Waals surface area contributed by atoms with E-state index in [9.17, 15) is 4.79 Å². The van der Waals surface area contributed by atoms with E-state index in [-0.39, 0.29) is 5.97 Å². The van der Waals surface area contributed by atoms with Crippen LogP contribution in [0.3, 0.4) is 0 Å². The number of esters is 1. The molecule has 0 amide bonds. The third kappa shape index (κ3) is 5.43. The first-order valence-corrected chi connectivity index (χ1v) is 8.55. The van der Waals surface area contributed by atoms with Crippen LogP contribution in [0.5, 0.6) is 0 Å². The second-order valence-electron chi connectivity index (χ2n) is 5.66. The highest BCUT2D eigenvalue weighted by molar-refractivity contribution is 7.80. The van der Waals surface area contributed by atoms with Gasteiger partial charge in [0.05, 0.1) is 25.9 Å². The molecule has 132 valence electrons. The van der Waals surface area contributed by atoms with Gasteiger partial charge in [0, 0.05) is 25.3 Å². The maximum atomic E-state index is 11.7. The van der Waals surface area contributed by atoms with E-state index in [2.05, 4.69) is 15.5 Å². The van der Waals surface area contributed by atoms with Crippen molar-refractivity contribution in [3.8, 4) is 0 Å². The molecular formula is C17H25N3O3S. The number of nitrogens with one attached hydrogen (secondary N) is 2. The van der Waals surface area contributed by atoms with Gasteiger partial charge in [0.1, 0.15) is 0 Å². The van der Waals surface area contributed by atoms with E-state index in [0.717, 1.165) is 57.1 Å². The molecule has 7 heteroatoms. The molecule has 2 rings (SSSR count). The molecule has 1 heterocycles. The van der Waals surface area contributed by atoms with Crippen molar-refractivity contribution in [1.29, 1.82) is 0 Å². The Morgan fingerprint density at radius 2 is 2.12 bits per heavy atom. The van der Waals surface area contributed by atoms with Crippen LogP contribution in [0.4, 0.5) is 5.69 Å². The van der Waals surface area contributed by atoms with Crippen molar-refractivity contribution in [1.82, 2.24) is 10.2 Å². The van der Waals surface area contributed by atoms with Crippen LogP contribution in [0.15, 0.2) is 18.2 Å². The maximum absolute atomic E-state index is 11.7. The number of carbonyl (C=O) groups is 1. The molecule has 0 saturated carbocycles. The molecular weight excluding hydrogens is 326 g/mol. The fraction of sp³-hybridized carbons (Fsp3) is 0.529. The number of thiocarbonyl (C=S) groups is 1. The Bertz CT molecular complexity index is 574. The van der Waals surface area contributed by atoms with E-state index in [1.165, 1.54) is 7.11 Å². The monoisotopic (exact) mass is 351 g/mol. The Hall–Kier alpha value is -1.70. The summed E-state index contributed by atoms with van der Waals surface area (Å²) in [6, 6.07) is 5.44. The van der Waals surface area contributed by atoms with Crippen molar-refractivity contribution in [2.24, 2.45) is 0 Å². The van der Waals surface area contributed by atoms with E-state index < -0.39 is 0 Å². The highest BCUT2D eigenvalue weighted by atomic mass is 32.1. The molecule has 0 atom stereocenters. The highest BCUT2D eigenvalue weighted by Crippen LogP contribution is 2.19. The van der Waals surface area contributed by atoms with Gasteiger partial charge in [0.2, 0.25) is 0 Å². The van der Waals surface area contributed by atoms with Crippen LogP contribution in [0, 0.1) is 6.92 Å². The Kier molecular flexibility index (Phi) is 7.42. The minimum atomic E-state index is -0.347. The largest absolute Gasteiger partial charge is 0.465 e. The third-order valence-corrected chi connectivity index (χ3v) is 4.27. The SMILES string of the molecule is COC(=O)c1cccc(NC(=S)NCCCN2CCOCC2)c1C. The van der Waals surface area contributed by atoms with Gasteiger partial charge >= 0.3 is 5.97 Å². The van der Waals surface area contributed by atoms with E-state index in [0.29, 0.717) is 10.7 Å². The first-order valence-electron chi connectivity index (χ1n) is 8.14. The number of carbonyl (C=O) groups excluding carboxylic acids is 1. The van der Waals surface area contributed by atoms with Crippen LogP contribution in [0.2, 0.25) is 0 Å². The third-order valence-electron chi connectivity index (χ3n) is 4.03. The van der Waals surface area contributed by atoms with E-state index in [1.54, 1.807) is 6.07 Å². The van der Waals surface area contributed by atoms with Gasteiger partial charge in [-0.3, -0.25) is 4.90 Å². The van der Waals surface area contributed by atoms with E-state index >= 15 is 0 Å². The highest BCUT2D eigenvalue weighted by Gasteiger charge is 2.12. The molecule has 1 fully saturated rings. The van der Waals surface area contributed by atoms with Gasteiger partial charge < -0.3 is 20.1 Å². The van der Waals surface area contributed by atoms with Crippen molar-refractivity contribution >= 4 is 29.0 Å². The number of benzene rings is 1. The van der Waals surface area contributed by atoms with Crippen LogP contribution in [-0.4, -0.2) is 62.5 Å². The van der Waals surface area contributed by atoms with Crippen LogP contribution in [0.1, 0.15) is 22.3 Å². The summed E-state index contributed by atoms with van der Waals surface area (Å²) < 4.78 is 10.1. The van der Waals surface area contributed by atoms with Crippen molar-refractivity contribution in [2.45, 2.75) is 13.3 Å². The molecule has 1 aromatic rings. The molecule has 0 spiro atoms. The molecule has 0 unspecified atom stereocenters. The minimum Gasteiger partial charge on any atom is -0.465 e. The predicted molar refractivity (Wildman–Crippen MR) is 98.6 cm³/mol. The fourth-order valence-electron chi connectivity index (χ4n) is 2.60. The maximum Gasteiger partial charge on any atom is 0.338 e. The molecule has 1 aliphatic heterocycles. The van der Waals surface area contributed by atoms with Gasteiger partial charge in [-0.1, -0.05) is 6.07 Å². The second-order valence-corrected chi connectivity index (χ2v) is 6.07. The molecule has 24 heavy (non-hydrogen) atoms. The van der Waals surface area contributed by atoms with E-state index in [1.807, 2.05) is 19.1 Å². The van der Waals surface area contributed by atoms with Gasteiger partial charge in [0.15, 0.2) is 5.11 Å². The summed E-state index contributed by atoms with van der Waals surface area (Å²) in [7, 11) is 1.38. The number of ether oxygens (including phenoxy) is 2. The fourth-order valence-corrected chi connectivity index (χ4v) is 2.81. The Balaban J connectivity index is 1.76. The zero-order chi connectivity index (χ0) is 17.4. The summed E-state index contributed by atoms with van der Waals surface area (Å²) in [5.41, 5.74) is 2.17. The molecule has 0 bridgehead atoms. The molecule has 2 N–H and O–H groups in total. The Labute approximate surface area is 148 Å². The number of methoxy groups -OCH3 is 1. The van der Waals surface area contributed by atoms with Crippen molar-refractivity contribution in [3.05, 3.63) is 29.3 Å². The zero-order valence-corrected chi connectivity index (χ0v) is 15.1. The number of morpholine rings is 1. The number of hydrogen-bond donors (Lipinski definition) is 2. The van der Waals surface area contributed by atoms with Gasteiger partial charge in [0.25, 0.3) is 0 Å². The van der Waals surface area contributed by atoms with E-state index in [4.69, 9.17) is 21.7 Å². The molecule has 0 aromatic heterocycles. The van der Waals surface area contributed by atoms with Crippen LogP contribution >= 0.6 is 12.2 Å². The van der Waals surface area contributed by atoms with Crippen LogP contribution < -0.4 is 10.6 Å². The molecule has 0 aliphatic carbocycles. The van der Waals surface area contributed by atoms with Gasteiger partial charge in [-0.2, -0.15) is 0 Å². The predicted octanol–water partition coefficient (Wildman–Crippen LogP) is 1.79. The molecule has 1 saturated heterocycles. The van der Waals surface area contributed by atoms with Gasteiger partial charge in [-0.25, -0.2) is 4.79 Å². The molecule has 6 nitrogen and oxygen atoms in total. The Morgan fingerprint density at radius 1 is 1.38 bits per heavy atom. The van der Waals surface area contributed by atoms with Crippen LogP contribution in [0.25, 0.3) is 0 Å². The number of nitrogens with zero attached hydrogens (tertiary/aromatic N) is 1. The summed E-state index contributed by atoms with van der Waals surface area (Å²) >= 11 is 5.33. The summed E-state index contributed by atoms with van der Waals surface area (Å²) in [5, 5.41) is 6.91. The van der Waals surface area contributed by atoms with Gasteiger partial charge in [-0.15, -0.1) is 0 Å². The lowest BCUT2D eigenvalue weighted by Gasteiger charge is -2.26.